The molecule has 1 heterocycles. The highest BCUT2D eigenvalue weighted by Gasteiger charge is 2.25. The van der Waals surface area contributed by atoms with Gasteiger partial charge in [-0.1, -0.05) is 12.8 Å². The molecule has 1 saturated heterocycles. The lowest BCUT2D eigenvalue weighted by atomic mass is 10.2. The summed E-state index contributed by atoms with van der Waals surface area (Å²) in [6.45, 7) is 1.28. The second-order valence-corrected chi connectivity index (χ2v) is 8.90. The van der Waals surface area contributed by atoms with Gasteiger partial charge in [0.25, 0.3) is 0 Å². The molecule has 8 heteroatoms. The van der Waals surface area contributed by atoms with Gasteiger partial charge in [-0.15, -0.1) is 0 Å². The van der Waals surface area contributed by atoms with Gasteiger partial charge in [-0.2, -0.15) is 9.57 Å². The topological polar surface area (TPSA) is 96.7 Å². The maximum Gasteiger partial charge on any atom is 0.338 e. The molecule has 1 fully saturated rings. The van der Waals surface area contributed by atoms with E-state index in [-0.39, 0.29) is 23.7 Å². The number of nitriles is 1. The van der Waals surface area contributed by atoms with Crippen molar-refractivity contribution in [2.45, 2.75) is 30.6 Å². The fourth-order valence-electron chi connectivity index (χ4n) is 3.20. The average Bonchev–Trinajstić information content (AvgIpc) is 3.07. The van der Waals surface area contributed by atoms with Crippen LogP contribution in [-0.4, -0.2) is 45.0 Å². The van der Waals surface area contributed by atoms with Crippen molar-refractivity contribution < 1.29 is 22.7 Å². The molecule has 2 aromatic rings. The predicted molar refractivity (Wildman–Crippen MR) is 111 cm³/mol. The first-order valence-electron chi connectivity index (χ1n) is 9.91. The zero-order valence-corrected chi connectivity index (χ0v) is 17.4. The smallest absolute Gasteiger partial charge is 0.338 e. The molecule has 158 valence electrons. The third-order valence-corrected chi connectivity index (χ3v) is 6.77. The van der Waals surface area contributed by atoms with Crippen molar-refractivity contribution in [3.05, 3.63) is 59.7 Å². The van der Waals surface area contributed by atoms with Gasteiger partial charge in [-0.25, -0.2) is 13.2 Å². The molecule has 0 spiro atoms. The minimum atomic E-state index is -3.54. The van der Waals surface area contributed by atoms with E-state index in [9.17, 15) is 13.2 Å². The molecule has 0 unspecified atom stereocenters. The van der Waals surface area contributed by atoms with Gasteiger partial charge in [-0.3, -0.25) is 0 Å². The molecule has 0 bridgehead atoms. The SMILES string of the molecule is N#Cc1ccc(OCCOC(=O)c2ccc(S(=O)(=O)N3CCCCCC3)cc2)cc1. The number of hydrogen-bond donors (Lipinski definition) is 0. The summed E-state index contributed by atoms with van der Waals surface area (Å²) in [6.07, 6.45) is 3.83. The van der Waals surface area contributed by atoms with Crippen molar-refractivity contribution in [1.29, 1.82) is 5.26 Å². The molecular formula is C22H24N2O5S. The summed E-state index contributed by atoms with van der Waals surface area (Å²) in [5.41, 5.74) is 0.818. The summed E-state index contributed by atoms with van der Waals surface area (Å²) in [7, 11) is -3.54. The first-order valence-corrected chi connectivity index (χ1v) is 11.3. The van der Waals surface area contributed by atoms with Crippen molar-refractivity contribution in [3.8, 4) is 11.8 Å². The predicted octanol–water partition coefficient (Wildman–Crippen LogP) is 3.36. The van der Waals surface area contributed by atoms with Crippen molar-refractivity contribution in [1.82, 2.24) is 4.31 Å². The highest BCUT2D eigenvalue weighted by atomic mass is 32.2. The summed E-state index contributed by atoms with van der Waals surface area (Å²) in [5, 5.41) is 8.77. The zero-order valence-electron chi connectivity index (χ0n) is 16.6. The molecular weight excluding hydrogens is 404 g/mol. The van der Waals surface area contributed by atoms with Crippen LogP contribution in [0, 0.1) is 11.3 Å². The minimum Gasteiger partial charge on any atom is -0.490 e. The van der Waals surface area contributed by atoms with Gasteiger partial charge >= 0.3 is 5.97 Å². The normalized spacial score (nSPS) is 15.0. The summed E-state index contributed by atoms with van der Waals surface area (Å²) in [4.78, 5) is 12.4. The third-order valence-electron chi connectivity index (χ3n) is 4.86. The summed E-state index contributed by atoms with van der Waals surface area (Å²) >= 11 is 0. The van der Waals surface area contributed by atoms with E-state index < -0.39 is 16.0 Å². The third kappa shape index (κ3) is 5.59. The molecule has 0 aromatic heterocycles. The Morgan fingerprint density at radius 1 is 0.933 bits per heavy atom. The maximum absolute atomic E-state index is 12.8. The van der Waals surface area contributed by atoms with E-state index in [1.807, 2.05) is 6.07 Å². The monoisotopic (exact) mass is 428 g/mol. The number of sulfonamides is 1. The minimum absolute atomic E-state index is 0.0483. The number of ether oxygens (including phenoxy) is 2. The standard InChI is InChI=1S/C22H24N2O5S/c23-17-18-5-9-20(10-6-18)28-15-16-29-22(25)19-7-11-21(12-8-19)30(26,27)24-13-3-1-2-4-14-24/h5-12H,1-4,13-16H2. The molecule has 1 aliphatic heterocycles. The van der Waals surface area contributed by atoms with Crippen LogP contribution < -0.4 is 4.74 Å². The van der Waals surface area contributed by atoms with Crippen LogP contribution in [0.3, 0.4) is 0 Å². The Hall–Kier alpha value is -2.89. The number of carbonyl (C=O) groups is 1. The van der Waals surface area contributed by atoms with Crippen LogP contribution in [0.15, 0.2) is 53.4 Å². The number of hydrogen-bond acceptors (Lipinski definition) is 6. The Morgan fingerprint density at radius 2 is 1.57 bits per heavy atom. The van der Waals surface area contributed by atoms with E-state index in [1.54, 1.807) is 24.3 Å². The molecule has 0 saturated carbocycles. The van der Waals surface area contributed by atoms with Crippen LogP contribution >= 0.6 is 0 Å². The van der Waals surface area contributed by atoms with Gasteiger partial charge in [0.2, 0.25) is 10.0 Å². The fraction of sp³-hybridized carbons (Fsp3) is 0.364. The van der Waals surface area contributed by atoms with E-state index in [2.05, 4.69) is 0 Å². The molecule has 0 radical (unpaired) electrons. The highest BCUT2D eigenvalue weighted by Crippen LogP contribution is 2.21. The largest absolute Gasteiger partial charge is 0.490 e. The van der Waals surface area contributed by atoms with E-state index >= 15 is 0 Å². The molecule has 3 rings (SSSR count). The number of rotatable bonds is 7. The molecule has 0 atom stereocenters. The van der Waals surface area contributed by atoms with Crippen molar-refractivity contribution in [2.24, 2.45) is 0 Å². The summed E-state index contributed by atoms with van der Waals surface area (Å²) in [5.74, 6) is 0.0327. The lowest BCUT2D eigenvalue weighted by Crippen LogP contribution is -2.31. The Morgan fingerprint density at radius 3 is 2.17 bits per heavy atom. The first kappa shape index (κ1) is 21.8. The van der Waals surface area contributed by atoms with E-state index in [1.165, 1.54) is 28.6 Å². The van der Waals surface area contributed by atoms with Gasteiger partial charge in [0, 0.05) is 13.1 Å². The van der Waals surface area contributed by atoms with E-state index in [0.717, 1.165) is 25.7 Å². The van der Waals surface area contributed by atoms with Crippen LogP contribution in [0.4, 0.5) is 0 Å². The Balaban J connectivity index is 1.51. The summed E-state index contributed by atoms with van der Waals surface area (Å²) < 4.78 is 37.7. The van der Waals surface area contributed by atoms with Gasteiger partial charge in [-0.05, 0) is 61.4 Å². The molecule has 2 aromatic carbocycles. The molecule has 0 amide bonds. The Kier molecular flexibility index (Phi) is 7.44. The van der Waals surface area contributed by atoms with Crippen LogP contribution in [0.5, 0.6) is 5.75 Å². The van der Waals surface area contributed by atoms with Crippen molar-refractivity contribution in [3.63, 3.8) is 0 Å². The average molecular weight is 429 g/mol. The molecule has 7 nitrogen and oxygen atoms in total. The van der Waals surface area contributed by atoms with Gasteiger partial charge in [0.15, 0.2) is 0 Å². The molecule has 0 aliphatic carbocycles. The van der Waals surface area contributed by atoms with Crippen LogP contribution in [0.2, 0.25) is 0 Å². The fourth-order valence-corrected chi connectivity index (χ4v) is 4.71. The van der Waals surface area contributed by atoms with E-state index in [0.29, 0.717) is 24.4 Å². The maximum atomic E-state index is 12.8. The Bertz CT molecular complexity index is 987. The summed E-state index contributed by atoms with van der Waals surface area (Å²) in [6, 6.07) is 14.5. The molecule has 0 N–H and O–H groups in total. The van der Waals surface area contributed by atoms with Crippen molar-refractivity contribution >= 4 is 16.0 Å². The highest BCUT2D eigenvalue weighted by molar-refractivity contribution is 7.89. The van der Waals surface area contributed by atoms with Crippen molar-refractivity contribution in [2.75, 3.05) is 26.3 Å². The van der Waals surface area contributed by atoms with Crippen LogP contribution in [0.1, 0.15) is 41.6 Å². The quantitative estimate of drug-likeness (QED) is 0.496. The Labute approximate surface area is 176 Å². The number of esters is 1. The first-order chi connectivity index (χ1) is 14.5. The lowest BCUT2D eigenvalue weighted by Gasteiger charge is -2.20. The number of carbonyl (C=O) groups excluding carboxylic acids is 1. The van der Waals surface area contributed by atoms with Gasteiger partial charge in [0.1, 0.15) is 19.0 Å². The van der Waals surface area contributed by atoms with E-state index in [4.69, 9.17) is 14.7 Å². The second-order valence-electron chi connectivity index (χ2n) is 6.96. The number of benzene rings is 2. The van der Waals surface area contributed by atoms with Crippen LogP contribution in [-0.2, 0) is 14.8 Å². The molecule has 30 heavy (non-hydrogen) atoms. The second kappa shape index (κ2) is 10.2. The number of nitrogens with zero attached hydrogens (tertiary/aromatic N) is 2. The lowest BCUT2D eigenvalue weighted by molar-refractivity contribution is 0.0450. The van der Waals surface area contributed by atoms with Crippen LogP contribution in [0.25, 0.3) is 0 Å². The molecule has 1 aliphatic rings. The zero-order chi connectivity index (χ0) is 21.4. The van der Waals surface area contributed by atoms with Gasteiger partial charge in [0.05, 0.1) is 22.1 Å². The van der Waals surface area contributed by atoms with Gasteiger partial charge < -0.3 is 9.47 Å².